The molecule has 2 aromatic rings. The van der Waals surface area contributed by atoms with Gasteiger partial charge in [0, 0.05) is 47.2 Å². The minimum atomic E-state index is -0.220. The minimum Gasteiger partial charge on any atom is -0.395 e. The second kappa shape index (κ2) is 9.05. The number of amidine groups is 1. The summed E-state index contributed by atoms with van der Waals surface area (Å²) in [5, 5.41) is 23.7. The fraction of sp³-hybridized carbons (Fsp3) is 0.455. The Kier molecular flexibility index (Phi) is 6.70. The van der Waals surface area contributed by atoms with E-state index in [1.54, 1.807) is 24.3 Å². The predicted molar refractivity (Wildman–Crippen MR) is 120 cm³/mol. The number of hydrogen-bond acceptors (Lipinski definition) is 6. The molecule has 1 unspecified atom stereocenters. The van der Waals surface area contributed by atoms with Crippen molar-refractivity contribution in [3.63, 3.8) is 0 Å². The normalized spacial score (nSPS) is 23.0. The van der Waals surface area contributed by atoms with Crippen LogP contribution in [0.25, 0.3) is 11.3 Å². The third kappa shape index (κ3) is 4.85. The van der Waals surface area contributed by atoms with Gasteiger partial charge in [-0.05, 0) is 38.1 Å². The van der Waals surface area contributed by atoms with Crippen molar-refractivity contribution in [2.75, 3.05) is 25.4 Å². The highest BCUT2D eigenvalue weighted by molar-refractivity contribution is 8.00. The second-order valence-corrected chi connectivity index (χ2v) is 9.64. The van der Waals surface area contributed by atoms with Gasteiger partial charge in [-0.15, -0.1) is 0 Å². The highest BCUT2D eigenvalue weighted by Gasteiger charge is 2.46. The topological polar surface area (TPSA) is 97.0 Å². The van der Waals surface area contributed by atoms with E-state index >= 15 is 0 Å². The van der Waals surface area contributed by atoms with E-state index < -0.39 is 0 Å². The lowest BCUT2D eigenvalue weighted by atomic mass is 9.93. The molecule has 1 aromatic heterocycles. The van der Waals surface area contributed by atoms with Crippen LogP contribution in [0.4, 0.5) is 0 Å². The molecule has 0 amide bonds. The van der Waals surface area contributed by atoms with E-state index in [0.29, 0.717) is 12.3 Å². The fourth-order valence-corrected chi connectivity index (χ4v) is 4.98. The Labute approximate surface area is 176 Å². The first kappa shape index (κ1) is 21.5. The van der Waals surface area contributed by atoms with Crippen LogP contribution < -0.4 is 0 Å². The van der Waals surface area contributed by atoms with Crippen molar-refractivity contribution >= 4 is 24.3 Å². The molecule has 1 saturated carbocycles. The Balaban J connectivity index is 0.00000117. The number of aliphatic hydroxyl groups excluding tert-OH is 1. The molecule has 4 rings (SSSR count). The summed E-state index contributed by atoms with van der Waals surface area (Å²) < 4.78 is -0.220. The largest absolute Gasteiger partial charge is 0.395 e. The Morgan fingerprint density at radius 1 is 1.21 bits per heavy atom. The van der Waals surface area contributed by atoms with Gasteiger partial charge in [-0.2, -0.15) is 11.8 Å². The summed E-state index contributed by atoms with van der Waals surface area (Å²) in [5.41, 5.74) is 3.57. The number of nitrogens with one attached hydrogen (secondary N) is 2. The molecule has 0 radical (unpaired) electrons. The minimum absolute atomic E-state index is 0.129. The monoisotopic (exact) mass is 411 g/mol. The van der Waals surface area contributed by atoms with E-state index in [-0.39, 0.29) is 16.8 Å². The zero-order valence-electron chi connectivity index (χ0n) is 16.9. The summed E-state index contributed by atoms with van der Waals surface area (Å²) in [7, 11) is 0. The quantitative estimate of drug-likeness (QED) is 0.653. The summed E-state index contributed by atoms with van der Waals surface area (Å²) in [4.78, 5) is 10.5. The van der Waals surface area contributed by atoms with E-state index in [1.807, 2.05) is 6.07 Å². The van der Waals surface area contributed by atoms with Gasteiger partial charge in [0.25, 0.3) is 0 Å². The summed E-state index contributed by atoms with van der Waals surface area (Å²) in [6, 6.07) is 10.7. The van der Waals surface area contributed by atoms with Crippen molar-refractivity contribution in [3.05, 3.63) is 48.4 Å². The fourth-order valence-electron chi connectivity index (χ4n) is 3.84. The number of nitrogens with zero attached hydrogens (tertiary/aromatic N) is 3. The number of thioether (sulfide) groups is 1. The van der Waals surface area contributed by atoms with Crippen molar-refractivity contribution in [1.29, 1.82) is 10.8 Å². The van der Waals surface area contributed by atoms with Crippen LogP contribution in [0.2, 0.25) is 0 Å². The van der Waals surface area contributed by atoms with Crippen molar-refractivity contribution in [3.8, 4) is 11.3 Å². The smallest absolute Gasteiger partial charge is 0.116 e. The van der Waals surface area contributed by atoms with E-state index in [9.17, 15) is 5.11 Å². The van der Waals surface area contributed by atoms with Crippen LogP contribution in [-0.2, 0) is 5.41 Å². The number of rotatable bonds is 5. The molecule has 1 aliphatic heterocycles. The SMILES string of the molecule is C=N.CC1(CO)CC(=N)N(CC2(c3ccc(-c4ccncn4)cc3)CC2)CCS1. The first-order valence-corrected chi connectivity index (χ1v) is 10.8. The van der Waals surface area contributed by atoms with E-state index in [0.717, 1.165) is 30.1 Å². The zero-order chi connectivity index (χ0) is 20.9. The van der Waals surface area contributed by atoms with Gasteiger partial charge in [0.1, 0.15) is 6.33 Å². The summed E-state index contributed by atoms with van der Waals surface area (Å²) in [6.45, 7) is 6.48. The molecule has 29 heavy (non-hydrogen) atoms. The predicted octanol–water partition coefficient (Wildman–Crippen LogP) is 3.61. The molecule has 154 valence electrons. The first-order valence-electron chi connectivity index (χ1n) is 9.83. The molecule has 2 heterocycles. The summed E-state index contributed by atoms with van der Waals surface area (Å²) in [6.07, 6.45) is 6.33. The van der Waals surface area contributed by atoms with Crippen LogP contribution in [0.15, 0.2) is 42.9 Å². The molecule has 2 fully saturated rings. The maximum atomic E-state index is 9.68. The molecule has 7 heteroatoms. The number of aromatic nitrogens is 2. The molecule has 2 aliphatic rings. The van der Waals surface area contributed by atoms with Gasteiger partial charge in [-0.25, -0.2) is 9.97 Å². The maximum Gasteiger partial charge on any atom is 0.116 e. The molecule has 3 N–H and O–H groups in total. The van der Waals surface area contributed by atoms with E-state index in [1.165, 1.54) is 18.4 Å². The Hall–Kier alpha value is -2.25. The third-order valence-electron chi connectivity index (χ3n) is 5.79. The highest BCUT2D eigenvalue weighted by atomic mass is 32.2. The number of hydrogen-bond donors (Lipinski definition) is 3. The Morgan fingerprint density at radius 3 is 2.52 bits per heavy atom. The average Bonchev–Trinajstić information content (AvgIpc) is 3.57. The molecule has 1 aliphatic carbocycles. The van der Waals surface area contributed by atoms with Crippen molar-refractivity contribution in [2.24, 2.45) is 0 Å². The van der Waals surface area contributed by atoms with Crippen LogP contribution in [0.1, 0.15) is 31.7 Å². The lowest BCUT2D eigenvalue weighted by Gasteiger charge is -2.30. The van der Waals surface area contributed by atoms with Gasteiger partial charge in [0.15, 0.2) is 0 Å². The standard InChI is InChI=1S/C21H26N4OS.CH3N/c1-20(14-26)12-19(22)25(10-11-27-20)13-21(7-8-21)17-4-2-16(3-5-17)18-6-9-23-15-24-18;1-2/h2-6,9,15,22,26H,7-8,10-14H2,1H3;2H,1H2. The van der Waals surface area contributed by atoms with Crippen molar-refractivity contribution in [1.82, 2.24) is 14.9 Å². The molecule has 0 bridgehead atoms. The lowest BCUT2D eigenvalue weighted by molar-refractivity contribution is 0.257. The first-order chi connectivity index (χ1) is 14.0. The van der Waals surface area contributed by atoms with Crippen molar-refractivity contribution < 1.29 is 5.11 Å². The van der Waals surface area contributed by atoms with E-state index in [2.05, 4.69) is 52.8 Å². The third-order valence-corrected chi connectivity index (χ3v) is 7.15. The maximum absolute atomic E-state index is 9.68. The van der Waals surface area contributed by atoms with Crippen LogP contribution >= 0.6 is 11.8 Å². The van der Waals surface area contributed by atoms with Crippen molar-refractivity contribution in [2.45, 2.75) is 36.3 Å². The van der Waals surface area contributed by atoms with Crippen LogP contribution in [0, 0.1) is 10.8 Å². The second-order valence-electron chi connectivity index (χ2n) is 7.95. The Morgan fingerprint density at radius 2 is 1.93 bits per heavy atom. The number of aliphatic hydroxyl groups is 1. The molecule has 1 aromatic carbocycles. The lowest BCUT2D eigenvalue weighted by Crippen LogP contribution is -2.39. The average molecular weight is 412 g/mol. The van der Waals surface area contributed by atoms with Gasteiger partial charge >= 0.3 is 0 Å². The van der Waals surface area contributed by atoms with Gasteiger partial charge < -0.3 is 15.4 Å². The van der Waals surface area contributed by atoms with Crippen LogP contribution in [-0.4, -0.2) is 62.7 Å². The highest BCUT2D eigenvalue weighted by Crippen LogP contribution is 2.49. The van der Waals surface area contributed by atoms with Gasteiger partial charge in [-0.1, -0.05) is 24.3 Å². The van der Waals surface area contributed by atoms with Gasteiger partial charge in [-0.3, -0.25) is 5.41 Å². The van der Waals surface area contributed by atoms with Crippen LogP contribution in [0.5, 0.6) is 0 Å². The molecule has 1 saturated heterocycles. The van der Waals surface area contributed by atoms with E-state index in [4.69, 9.17) is 10.8 Å². The molecule has 6 nitrogen and oxygen atoms in total. The van der Waals surface area contributed by atoms with Gasteiger partial charge in [0.05, 0.1) is 18.1 Å². The summed E-state index contributed by atoms with van der Waals surface area (Å²) >= 11 is 1.79. The Bertz CT molecular complexity index is 825. The van der Waals surface area contributed by atoms with Gasteiger partial charge in [0.2, 0.25) is 0 Å². The molecule has 1 atom stereocenters. The molecule has 0 spiro atoms. The molecular formula is C22H29N5OS. The summed E-state index contributed by atoms with van der Waals surface area (Å²) in [5.74, 6) is 1.63. The zero-order valence-corrected chi connectivity index (χ0v) is 17.7. The molecular weight excluding hydrogens is 382 g/mol. The van der Waals surface area contributed by atoms with Crippen LogP contribution in [0.3, 0.4) is 0 Å². The number of benzene rings is 1.